The van der Waals surface area contributed by atoms with Crippen LogP contribution in [-0.4, -0.2) is 9.78 Å². The molecule has 0 radical (unpaired) electrons. The van der Waals surface area contributed by atoms with Crippen molar-refractivity contribution in [2.24, 2.45) is 12.8 Å². The summed E-state index contributed by atoms with van der Waals surface area (Å²) >= 11 is 0. The molecule has 2 aromatic rings. The summed E-state index contributed by atoms with van der Waals surface area (Å²) in [6.45, 7) is 0.345. The average Bonchev–Trinajstić information content (AvgIpc) is 2.48. The second-order valence-corrected chi connectivity index (χ2v) is 2.98. The molecule has 2 N–H and O–H groups in total. The molecule has 0 aliphatic heterocycles. The Morgan fingerprint density at radius 3 is 3.00 bits per heavy atom. The van der Waals surface area contributed by atoms with Gasteiger partial charge in [-0.15, -0.1) is 0 Å². The minimum atomic E-state index is -0.258. The largest absolute Gasteiger partial charge is 0.326 e. The Labute approximate surface area is 75.0 Å². The number of halogens is 1. The first-order valence-electron chi connectivity index (χ1n) is 4.02. The Balaban J connectivity index is 2.80. The molecule has 0 fully saturated rings. The van der Waals surface area contributed by atoms with Gasteiger partial charge in [-0.1, -0.05) is 0 Å². The Kier molecular flexibility index (Phi) is 1.77. The average molecular weight is 179 g/mol. The van der Waals surface area contributed by atoms with Gasteiger partial charge in [-0.05, 0) is 17.7 Å². The third-order valence-corrected chi connectivity index (χ3v) is 2.11. The molecule has 0 unspecified atom stereocenters. The van der Waals surface area contributed by atoms with E-state index < -0.39 is 0 Å². The van der Waals surface area contributed by atoms with Crippen molar-refractivity contribution in [2.75, 3.05) is 0 Å². The first-order valence-corrected chi connectivity index (χ1v) is 4.02. The molecule has 1 heterocycles. The zero-order chi connectivity index (χ0) is 9.42. The van der Waals surface area contributed by atoms with Gasteiger partial charge in [0.25, 0.3) is 0 Å². The fourth-order valence-corrected chi connectivity index (χ4v) is 1.38. The molecule has 0 aliphatic carbocycles. The molecular weight excluding hydrogens is 169 g/mol. The van der Waals surface area contributed by atoms with Crippen LogP contribution in [0.25, 0.3) is 10.9 Å². The third kappa shape index (κ3) is 1.19. The predicted molar refractivity (Wildman–Crippen MR) is 48.6 cm³/mol. The molecule has 68 valence electrons. The summed E-state index contributed by atoms with van der Waals surface area (Å²) in [7, 11) is 1.78. The molecular formula is C9H10FN3. The maximum atomic E-state index is 13.3. The van der Waals surface area contributed by atoms with Crippen molar-refractivity contribution in [3.05, 3.63) is 29.7 Å². The van der Waals surface area contributed by atoms with Gasteiger partial charge in [0.1, 0.15) is 5.82 Å². The van der Waals surface area contributed by atoms with Crippen molar-refractivity contribution in [3.63, 3.8) is 0 Å². The van der Waals surface area contributed by atoms with Gasteiger partial charge in [-0.25, -0.2) is 4.39 Å². The van der Waals surface area contributed by atoms with Gasteiger partial charge in [-0.2, -0.15) is 5.10 Å². The lowest BCUT2D eigenvalue weighted by molar-refractivity contribution is 0.637. The molecule has 4 heteroatoms. The third-order valence-electron chi connectivity index (χ3n) is 2.11. The number of fused-ring (bicyclic) bond motifs is 1. The number of hydrogen-bond acceptors (Lipinski definition) is 2. The Hall–Kier alpha value is -1.42. The molecule has 0 saturated carbocycles. The van der Waals surface area contributed by atoms with Crippen LogP contribution in [0.5, 0.6) is 0 Å². The van der Waals surface area contributed by atoms with E-state index in [0.29, 0.717) is 11.9 Å². The molecule has 0 atom stereocenters. The van der Waals surface area contributed by atoms with Gasteiger partial charge < -0.3 is 5.73 Å². The lowest BCUT2D eigenvalue weighted by Crippen LogP contribution is -1.98. The van der Waals surface area contributed by atoms with E-state index in [1.165, 1.54) is 12.3 Å². The highest BCUT2D eigenvalue weighted by Crippen LogP contribution is 2.18. The SMILES string of the molecule is Cn1ncc2c(F)cc(CN)cc21. The number of nitrogens with zero attached hydrogens (tertiary/aromatic N) is 2. The van der Waals surface area contributed by atoms with Crippen LogP contribution in [0.15, 0.2) is 18.3 Å². The second-order valence-electron chi connectivity index (χ2n) is 2.98. The highest BCUT2D eigenvalue weighted by Gasteiger charge is 2.06. The Morgan fingerprint density at radius 1 is 1.54 bits per heavy atom. The van der Waals surface area contributed by atoms with E-state index >= 15 is 0 Å². The highest BCUT2D eigenvalue weighted by molar-refractivity contribution is 5.79. The molecule has 0 bridgehead atoms. The fraction of sp³-hybridized carbons (Fsp3) is 0.222. The predicted octanol–water partition coefficient (Wildman–Crippen LogP) is 1.17. The van der Waals surface area contributed by atoms with E-state index in [0.717, 1.165) is 11.1 Å². The second kappa shape index (κ2) is 2.81. The van der Waals surface area contributed by atoms with E-state index in [1.807, 2.05) is 6.07 Å². The maximum absolute atomic E-state index is 13.3. The molecule has 13 heavy (non-hydrogen) atoms. The Morgan fingerprint density at radius 2 is 2.31 bits per heavy atom. The molecule has 0 spiro atoms. The number of aromatic nitrogens is 2. The summed E-state index contributed by atoms with van der Waals surface area (Å²) in [5, 5.41) is 4.51. The van der Waals surface area contributed by atoms with Crippen molar-refractivity contribution >= 4 is 10.9 Å². The number of rotatable bonds is 1. The first-order chi connectivity index (χ1) is 6.22. The van der Waals surface area contributed by atoms with Crippen LogP contribution < -0.4 is 5.73 Å². The molecule has 0 saturated heterocycles. The van der Waals surface area contributed by atoms with Crippen LogP contribution in [0.2, 0.25) is 0 Å². The standard InChI is InChI=1S/C9H10FN3/c1-13-9-3-6(4-11)2-8(10)7(9)5-12-13/h2-3,5H,4,11H2,1H3. The van der Waals surface area contributed by atoms with Crippen molar-refractivity contribution in [3.8, 4) is 0 Å². The fourth-order valence-electron chi connectivity index (χ4n) is 1.38. The van der Waals surface area contributed by atoms with Crippen molar-refractivity contribution in [1.82, 2.24) is 9.78 Å². The van der Waals surface area contributed by atoms with Crippen LogP contribution >= 0.6 is 0 Å². The van der Waals surface area contributed by atoms with Crippen LogP contribution in [0, 0.1) is 5.82 Å². The van der Waals surface area contributed by atoms with Crippen LogP contribution in [0.3, 0.4) is 0 Å². The van der Waals surface area contributed by atoms with Gasteiger partial charge in [0.2, 0.25) is 0 Å². The van der Waals surface area contributed by atoms with Gasteiger partial charge in [-0.3, -0.25) is 4.68 Å². The topological polar surface area (TPSA) is 43.8 Å². The van der Waals surface area contributed by atoms with Crippen LogP contribution in [0.1, 0.15) is 5.56 Å². The lowest BCUT2D eigenvalue weighted by atomic mass is 10.1. The van der Waals surface area contributed by atoms with Gasteiger partial charge in [0.15, 0.2) is 0 Å². The minimum Gasteiger partial charge on any atom is -0.326 e. The summed E-state index contributed by atoms with van der Waals surface area (Å²) in [5.74, 6) is -0.258. The zero-order valence-corrected chi connectivity index (χ0v) is 7.29. The van der Waals surface area contributed by atoms with Crippen molar-refractivity contribution < 1.29 is 4.39 Å². The molecule has 3 nitrogen and oxygen atoms in total. The summed E-state index contributed by atoms with van der Waals surface area (Å²) in [6, 6.07) is 3.30. The van der Waals surface area contributed by atoms with E-state index in [1.54, 1.807) is 11.7 Å². The zero-order valence-electron chi connectivity index (χ0n) is 7.29. The molecule has 0 amide bonds. The van der Waals surface area contributed by atoms with E-state index in [-0.39, 0.29) is 5.82 Å². The van der Waals surface area contributed by atoms with E-state index in [9.17, 15) is 4.39 Å². The monoisotopic (exact) mass is 179 g/mol. The van der Waals surface area contributed by atoms with E-state index in [2.05, 4.69) is 5.10 Å². The quantitative estimate of drug-likeness (QED) is 0.714. The normalized spacial score (nSPS) is 11.0. The van der Waals surface area contributed by atoms with Crippen LogP contribution in [0.4, 0.5) is 4.39 Å². The molecule has 2 rings (SSSR count). The smallest absolute Gasteiger partial charge is 0.134 e. The van der Waals surface area contributed by atoms with Crippen LogP contribution in [-0.2, 0) is 13.6 Å². The summed E-state index contributed by atoms with van der Waals surface area (Å²) in [4.78, 5) is 0. The Bertz CT molecular complexity index is 447. The van der Waals surface area contributed by atoms with Gasteiger partial charge in [0, 0.05) is 13.6 Å². The minimum absolute atomic E-state index is 0.258. The number of benzene rings is 1. The molecule has 1 aromatic carbocycles. The van der Waals surface area contributed by atoms with Gasteiger partial charge >= 0.3 is 0 Å². The summed E-state index contributed by atoms with van der Waals surface area (Å²) < 4.78 is 15.0. The lowest BCUT2D eigenvalue weighted by Gasteiger charge is -1.99. The molecule has 1 aromatic heterocycles. The van der Waals surface area contributed by atoms with Crippen molar-refractivity contribution in [1.29, 1.82) is 0 Å². The highest BCUT2D eigenvalue weighted by atomic mass is 19.1. The number of hydrogen-bond donors (Lipinski definition) is 1. The van der Waals surface area contributed by atoms with Crippen molar-refractivity contribution in [2.45, 2.75) is 6.54 Å². The first kappa shape index (κ1) is 8.19. The van der Waals surface area contributed by atoms with Gasteiger partial charge in [0.05, 0.1) is 17.1 Å². The molecule has 0 aliphatic rings. The number of aryl methyl sites for hydroxylation is 1. The summed E-state index contributed by atoms with van der Waals surface area (Å²) in [5.41, 5.74) is 7.00. The number of nitrogens with two attached hydrogens (primary N) is 1. The van der Waals surface area contributed by atoms with E-state index in [4.69, 9.17) is 5.73 Å². The summed E-state index contributed by atoms with van der Waals surface area (Å²) in [6.07, 6.45) is 1.52. The maximum Gasteiger partial charge on any atom is 0.134 e.